The zero-order valence-corrected chi connectivity index (χ0v) is 12.5. The summed E-state index contributed by atoms with van der Waals surface area (Å²) >= 11 is 0. The number of aromatic nitrogens is 3. The van der Waals surface area contributed by atoms with Crippen LogP contribution >= 0.6 is 0 Å². The molecule has 0 aliphatic carbocycles. The molecule has 1 aromatic heterocycles. The maximum absolute atomic E-state index is 11.5. The first-order valence-electron chi connectivity index (χ1n) is 7.01. The van der Waals surface area contributed by atoms with Crippen molar-refractivity contribution in [1.82, 2.24) is 19.7 Å². The lowest BCUT2D eigenvalue weighted by Gasteiger charge is -2.25. The highest BCUT2D eigenvalue weighted by molar-refractivity contribution is 5.67. The summed E-state index contributed by atoms with van der Waals surface area (Å²) < 4.78 is 6.68. The van der Waals surface area contributed by atoms with E-state index in [-0.39, 0.29) is 6.09 Å². The van der Waals surface area contributed by atoms with E-state index in [2.05, 4.69) is 22.0 Å². The summed E-state index contributed by atoms with van der Waals surface area (Å²) in [6.45, 7) is 3.61. The van der Waals surface area contributed by atoms with Crippen molar-refractivity contribution in [1.29, 1.82) is 0 Å². The van der Waals surface area contributed by atoms with E-state index >= 15 is 0 Å². The summed E-state index contributed by atoms with van der Waals surface area (Å²) in [5.74, 6) is 7.56. The van der Waals surface area contributed by atoms with E-state index in [1.807, 2.05) is 35.8 Å². The van der Waals surface area contributed by atoms with Gasteiger partial charge in [-0.05, 0) is 24.5 Å². The van der Waals surface area contributed by atoms with Crippen LogP contribution in [0.15, 0.2) is 24.3 Å². The van der Waals surface area contributed by atoms with E-state index in [1.54, 1.807) is 4.90 Å². The predicted molar refractivity (Wildman–Crippen MR) is 80.0 cm³/mol. The molecule has 0 radical (unpaired) electrons. The second kappa shape index (κ2) is 5.90. The van der Waals surface area contributed by atoms with Crippen LogP contribution in [0.25, 0.3) is 0 Å². The third-order valence-electron chi connectivity index (χ3n) is 3.64. The molecule has 0 fully saturated rings. The lowest BCUT2D eigenvalue weighted by Crippen LogP contribution is -2.38. The number of hydrogen-bond donors (Lipinski definition) is 0. The maximum atomic E-state index is 11.5. The Kier molecular flexibility index (Phi) is 3.79. The Morgan fingerprint density at radius 2 is 2.05 bits per heavy atom. The molecular weight excluding hydrogens is 280 g/mol. The van der Waals surface area contributed by atoms with Crippen LogP contribution in [-0.2, 0) is 17.8 Å². The highest BCUT2D eigenvalue weighted by Gasteiger charge is 2.24. The van der Waals surface area contributed by atoms with Gasteiger partial charge in [-0.1, -0.05) is 24.1 Å². The molecule has 6 heteroatoms. The van der Waals surface area contributed by atoms with E-state index in [0.717, 1.165) is 17.0 Å². The number of benzene rings is 1. The van der Waals surface area contributed by atoms with Crippen LogP contribution in [0, 0.1) is 18.8 Å². The van der Waals surface area contributed by atoms with E-state index in [1.165, 1.54) is 7.11 Å². The third kappa shape index (κ3) is 2.66. The molecule has 2 heterocycles. The topological polar surface area (TPSA) is 60.2 Å². The van der Waals surface area contributed by atoms with E-state index in [9.17, 15) is 4.79 Å². The van der Waals surface area contributed by atoms with Gasteiger partial charge in [0.2, 0.25) is 5.82 Å². The molecule has 0 atom stereocenters. The number of rotatable bonds is 0. The lowest BCUT2D eigenvalue weighted by atomic mass is 10.1. The van der Waals surface area contributed by atoms with Crippen LogP contribution in [0.2, 0.25) is 0 Å². The molecule has 2 aromatic rings. The Morgan fingerprint density at radius 1 is 1.23 bits per heavy atom. The summed E-state index contributed by atoms with van der Waals surface area (Å²) in [7, 11) is 1.38. The SMILES string of the molecule is COC(=O)N1CCn2c(C#Cc3ccccc3C)nnc2C1. The number of nitrogens with zero attached hydrogens (tertiary/aromatic N) is 4. The maximum Gasteiger partial charge on any atom is 0.409 e. The average Bonchev–Trinajstić information content (AvgIpc) is 2.95. The predicted octanol–water partition coefficient (Wildman–Crippen LogP) is 1.57. The van der Waals surface area contributed by atoms with Gasteiger partial charge in [-0.15, -0.1) is 10.2 Å². The number of hydrogen-bond acceptors (Lipinski definition) is 4. The Hall–Kier alpha value is -2.81. The van der Waals surface area contributed by atoms with Crippen molar-refractivity contribution >= 4 is 6.09 Å². The highest BCUT2D eigenvalue weighted by Crippen LogP contribution is 2.13. The van der Waals surface area contributed by atoms with Crippen molar-refractivity contribution < 1.29 is 9.53 Å². The van der Waals surface area contributed by atoms with Crippen molar-refractivity contribution in [2.24, 2.45) is 0 Å². The van der Waals surface area contributed by atoms with Crippen LogP contribution in [0.1, 0.15) is 22.8 Å². The number of carbonyl (C=O) groups excluding carboxylic acids is 1. The Morgan fingerprint density at radius 3 is 2.82 bits per heavy atom. The summed E-state index contributed by atoms with van der Waals surface area (Å²) in [6.07, 6.45) is -0.346. The van der Waals surface area contributed by atoms with Gasteiger partial charge in [-0.2, -0.15) is 0 Å². The summed E-state index contributed by atoms with van der Waals surface area (Å²) in [6, 6.07) is 7.96. The normalized spacial score (nSPS) is 13.1. The molecule has 1 aliphatic heterocycles. The Labute approximate surface area is 128 Å². The van der Waals surface area contributed by atoms with E-state index in [0.29, 0.717) is 25.5 Å². The fourth-order valence-electron chi connectivity index (χ4n) is 2.37. The molecule has 0 saturated heterocycles. The van der Waals surface area contributed by atoms with Crippen molar-refractivity contribution in [2.75, 3.05) is 13.7 Å². The standard InChI is InChI=1S/C16H16N4O2/c1-12-5-3-4-6-13(12)7-8-14-17-18-15-11-19(16(21)22-2)9-10-20(14)15/h3-6H,9-11H2,1-2H3. The van der Waals surface area contributed by atoms with Crippen molar-refractivity contribution in [3.8, 4) is 11.8 Å². The third-order valence-corrected chi connectivity index (χ3v) is 3.64. The summed E-state index contributed by atoms with van der Waals surface area (Å²) in [5.41, 5.74) is 2.11. The van der Waals surface area contributed by atoms with Gasteiger partial charge in [-0.25, -0.2) is 4.79 Å². The second-order valence-corrected chi connectivity index (χ2v) is 5.05. The van der Waals surface area contributed by atoms with Crippen LogP contribution < -0.4 is 0 Å². The molecule has 0 bridgehead atoms. The minimum absolute atomic E-state index is 0.346. The number of ether oxygens (including phenoxy) is 1. The first-order chi connectivity index (χ1) is 10.7. The van der Waals surface area contributed by atoms with Gasteiger partial charge in [0.1, 0.15) is 0 Å². The van der Waals surface area contributed by atoms with E-state index in [4.69, 9.17) is 4.74 Å². The molecule has 112 valence electrons. The molecule has 6 nitrogen and oxygen atoms in total. The van der Waals surface area contributed by atoms with Crippen molar-refractivity contribution in [3.63, 3.8) is 0 Å². The van der Waals surface area contributed by atoms with Gasteiger partial charge in [0.15, 0.2) is 5.82 Å². The van der Waals surface area contributed by atoms with Crippen LogP contribution in [-0.4, -0.2) is 39.4 Å². The minimum atomic E-state index is -0.346. The highest BCUT2D eigenvalue weighted by atomic mass is 16.5. The first-order valence-corrected chi connectivity index (χ1v) is 7.01. The molecule has 1 aromatic carbocycles. The monoisotopic (exact) mass is 296 g/mol. The first kappa shape index (κ1) is 14.1. The molecular formula is C16H16N4O2. The fraction of sp³-hybridized carbons (Fsp3) is 0.312. The Balaban J connectivity index is 1.84. The molecule has 3 rings (SSSR count). The quantitative estimate of drug-likeness (QED) is 0.692. The number of methoxy groups -OCH3 is 1. The zero-order chi connectivity index (χ0) is 15.5. The minimum Gasteiger partial charge on any atom is -0.453 e. The Bertz CT molecular complexity index is 770. The fourth-order valence-corrected chi connectivity index (χ4v) is 2.37. The summed E-state index contributed by atoms with van der Waals surface area (Å²) in [4.78, 5) is 13.1. The zero-order valence-electron chi connectivity index (χ0n) is 12.5. The molecule has 22 heavy (non-hydrogen) atoms. The van der Waals surface area contributed by atoms with Gasteiger partial charge >= 0.3 is 6.09 Å². The van der Waals surface area contributed by atoms with Gasteiger partial charge < -0.3 is 9.30 Å². The molecule has 0 spiro atoms. The number of carbonyl (C=O) groups is 1. The number of fused-ring (bicyclic) bond motifs is 1. The van der Waals surface area contributed by atoms with Gasteiger partial charge in [0.25, 0.3) is 0 Å². The van der Waals surface area contributed by atoms with Crippen molar-refractivity contribution in [3.05, 3.63) is 47.0 Å². The lowest BCUT2D eigenvalue weighted by molar-refractivity contribution is 0.111. The number of aryl methyl sites for hydroxylation is 1. The largest absolute Gasteiger partial charge is 0.453 e. The average molecular weight is 296 g/mol. The van der Waals surface area contributed by atoms with E-state index < -0.39 is 0 Å². The smallest absolute Gasteiger partial charge is 0.409 e. The molecule has 0 unspecified atom stereocenters. The van der Waals surface area contributed by atoms with Crippen LogP contribution in [0.3, 0.4) is 0 Å². The molecule has 0 saturated carbocycles. The van der Waals surface area contributed by atoms with Crippen molar-refractivity contribution in [2.45, 2.75) is 20.0 Å². The molecule has 0 N–H and O–H groups in total. The number of amides is 1. The second-order valence-electron chi connectivity index (χ2n) is 5.05. The van der Waals surface area contributed by atoms with Crippen LogP contribution in [0.4, 0.5) is 4.79 Å². The molecule has 1 amide bonds. The van der Waals surface area contributed by atoms with Crippen LogP contribution in [0.5, 0.6) is 0 Å². The van der Waals surface area contributed by atoms with Gasteiger partial charge in [0.05, 0.1) is 13.7 Å². The van der Waals surface area contributed by atoms with Gasteiger partial charge in [-0.3, -0.25) is 4.90 Å². The summed E-state index contributed by atoms with van der Waals surface area (Å²) in [5, 5.41) is 8.24. The molecule has 1 aliphatic rings. The van der Waals surface area contributed by atoms with Gasteiger partial charge in [0, 0.05) is 18.7 Å².